The van der Waals surface area contributed by atoms with E-state index in [0.29, 0.717) is 0 Å². The minimum atomic E-state index is 1.12. The fraction of sp³-hybridized carbons (Fsp3) is 0. The van der Waals surface area contributed by atoms with Crippen LogP contribution in [0.1, 0.15) is 0 Å². The van der Waals surface area contributed by atoms with E-state index in [9.17, 15) is 0 Å². The van der Waals surface area contributed by atoms with Crippen LogP contribution in [0.3, 0.4) is 0 Å². The normalized spacial score (nSPS) is 11.9. The summed E-state index contributed by atoms with van der Waals surface area (Å²) in [5.74, 6) is 0. The lowest BCUT2D eigenvalue weighted by atomic mass is 9.88. The first-order chi connectivity index (χ1) is 61.0. The maximum absolute atomic E-state index is 2.49. The number of fused-ring (bicyclic) bond motifs is 14. The van der Waals surface area contributed by atoms with Crippen LogP contribution in [-0.2, 0) is 0 Å². The second-order valence-corrected chi connectivity index (χ2v) is 33.6. The van der Waals surface area contributed by atoms with Gasteiger partial charge in [-0.3, -0.25) is 0 Å². The molecule has 0 bridgehead atoms. The zero-order chi connectivity index (χ0) is 80.7. The van der Waals surface area contributed by atoms with Gasteiger partial charge in [0.15, 0.2) is 0 Å². The average molecular weight is 1580 g/mol. The highest BCUT2D eigenvalue weighted by Crippen LogP contribution is 2.51. The third-order valence-corrected chi connectivity index (χ3v) is 26.9. The molecule has 0 saturated heterocycles. The van der Waals surface area contributed by atoms with Crippen LogP contribution in [0.2, 0.25) is 0 Å². The predicted molar refractivity (Wildman–Crippen MR) is 528 cm³/mol. The van der Waals surface area contributed by atoms with Gasteiger partial charge in [0.25, 0.3) is 0 Å². The zero-order valence-electron chi connectivity index (χ0n) is 66.9. The molecule has 0 atom stereocenters. The summed E-state index contributed by atoms with van der Waals surface area (Å²) in [5, 5.41) is 28.2. The molecule has 0 unspecified atom stereocenters. The molecule has 0 aliphatic carbocycles. The van der Waals surface area contributed by atoms with Crippen molar-refractivity contribution < 1.29 is 0 Å². The molecule has 26 aromatic rings. The summed E-state index contributed by atoms with van der Waals surface area (Å²) in [4.78, 5) is 4.63. The summed E-state index contributed by atoms with van der Waals surface area (Å²) in [6.45, 7) is 0. The molecule has 0 amide bonds. The summed E-state index contributed by atoms with van der Waals surface area (Å²) in [7, 11) is 0. The van der Waals surface area contributed by atoms with E-state index in [1.807, 2.05) is 11.3 Å². The Labute approximate surface area is 714 Å². The summed E-state index contributed by atoms with van der Waals surface area (Å²) in [5.41, 5.74) is 23.8. The van der Waals surface area contributed by atoms with E-state index >= 15 is 0 Å². The number of anilines is 6. The summed E-state index contributed by atoms with van der Waals surface area (Å²) < 4.78 is 7.63. The molecule has 3 heterocycles. The molecule has 26 rings (SSSR count). The van der Waals surface area contributed by atoms with Crippen LogP contribution in [0.5, 0.6) is 0 Å². The molecule has 23 aromatic carbocycles. The second kappa shape index (κ2) is 28.4. The van der Waals surface area contributed by atoms with Crippen LogP contribution in [0.15, 0.2) is 449 Å². The molecular weight excluding hydrogens is 1510 g/mol. The van der Waals surface area contributed by atoms with E-state index in [1.54, 1.807) is 0 Å². The van der Waals surface area contributed by atoms with Crippen molar-refractivity contribution in [2.45, 2.75) is 0 Å². The van der Waals surface area contributed by atoms with Crippen molar-refractivity contribution in [1.29, 1.82) is 0 Å². The van der Waals surface area contributed by atoms with Gasteiger partial charge in [-0.1, -0.05) is 297 Å². The van der Waals surface area contributed by atoms with Crippen LogP contribution in [0, 0.1) is 0 Å². The zero-order valence-corrected chi connectivity index (χ0v) is 67.7. The Kier molecular flexibility index (Phi) is 16.2. The Morgan fingerprint density at radius 2 is 0.520 bits per heavy atom. The first kappa shape index (κ1) is 70.1. The van der Waals surface area contributed by atoms with Gasteiger partial charge in [-0.15, -0.1) is 11.3 Å². The largest absolute Gasteiger partial charge is 0.311 e. The van der Waals surface area contributed by atoms with Crippen LogP contribution >= 0.6 is 11.3 Å². The number of hydrogen-bond donors (Lipinski definition) is 0. The smallest absolute Gasteiger partial charge is 0.0620 e. The highest BCUT2D eigenvalue weighted by atomic mass is 32.1. The van der Waals surface area contributed by atoms with E-state index in [-0.39, 0.29) is 0 Å². The lowest BCUT2D eigenvalue weighted by Gasteiger charge is -2.25. The first-order valence-electron chi connectivity index (χ1n) is 42.3. The Hall–Kier alpha value is -15.9. The van der Waals surface area contributed by atoms with Gasteiger partial charge in [-0.2, -0.15) is 0 Å². The molecule has 0 fully saturated rings. The third kappa shape index (κ3) is 11.4. The SMILES string of the molecule is c1ccc(N(c2ccccc2)c2ccc(-c3ccc4ccc5c6c(ccc3c46)cc3c4cc(-c6cc7ccccc7c7ccccc67)ccc4n(-c4ccccc4)c35)cc2)cc1.c1ccc(N(c2ccccc2)c2ccc(-c3ccc4ccc5c6c(ccc3c46)cc3c4cc(-c6ccc7c(c6)sc6ccccc67)ccc4n(-c4ccccc4)c35)cc2)cc1. The summed E-state index contributed by atoms with van der Waals surface area (Å²) in [6, 6.07) is 165. The van der Waals surface area contributed by atoms with Crippen molar-refractivity contribution in [3.05, 3.63) is 449 Å². The van der Waals surface area contributed by atoms with Gasteiger partial charge in [0.05, 0.1) is 22.1 Å². The molecule has 0 radical (unpaired) electrons. The molecular formula is C118H74N4S. The maximum Gasteiger partial charge on any atom is 0.0620 e. The van der Waals surface area contributed by atoms with Gasteiger partial charge in [0.2, 0.25) is 0 Å². The minimum Gasteiger partial charge on any atom is -0.311 e. The van der Waals surface area contributed by atoms with Crippen molar-refractivity contribution in [1.82, 2.24) is 9.13 Å². The molecule has 0 N–H and O–H groups in total. The van der Waals surface area contributed by atoms with Crippen molar-refractivity contribution in [3.8, 4) is 55.9 Å². The quantitative estimate of drug-likeness (QED) is 0.113. The molecule has 5 heteroatoms. The number of hydrogen-bond acceptors (Lipinski definition) is 3. The number of aromatic nitrogens is 2. The van der Waals surface area contributed by atoms with Gasteiger partial charge in [0.1, 0.15) is 0 Å². The number of para-hydroxylation sites is 6. The van der Waals surface area contributed by atoms with Crippen LogP contribution in [-0.4, -0.2) is 9.13 Å². The fourth-order valence-electron chi connectivity index (χ4n) is 20.3. The average Bonchev–Trinajstić information content (AvgIpc) is 1.60. The van der Waals surface area contributed by atoms with Gasteiger partial charge in [-0.25, -0.2) is 0 Å². The summed E-state index contributed by atoms with van der Waals surface area (Å²) in [6.07, 6.45) is 0. The predicted octanol–water partition coefficient (Wildman–Crippen LogP) is 33.6. The standard InChI is InChI=1S/C60H38N2.C58H36N2S/c1-4-15-44(16-5-1)61(45-17-6-2-7-18-45)47-30-24-39(25-31-47)49-32-26-40-27-34-53-59-43(28-33-52(49)58(40)59)38-56-55-37-42(29-35-57(55)62(60(53)56)46-19-8-3-9-20-46)54-36-41-14-10-11-21-48(41)50-22-12-13-23-51(50)54;1-4-12-42(13-5-1)59(43-14-6-2-7-15-43)45-27-20-37(21-28-45)46-29-22-38-23-32-50-57-41(25-31-49(46)56(38)57)35-52-51-34-39(26-33-53(51)60(58(50)52)44-16-8-3-9-17-44)40-24-30-48-47-18-10-11-19-54(47)61-55(48)36-40/h1-38H;1-36H. The highest BCUT2D eigenvalue weighted by molar-refractivity contribution is 7.25. The molecule has 4 nitrogen and oxygen atoms in total. The third-order valence-electron chi connectivity index (χ3n) is 25.8. The van der Waals surface area contributed by atoms with Gasteiger partial charge < -0.3 is 18.9 Å². The van der Waals surface area contributed by atoms with Crippen molar-refractivity contribution in [2.24, 2.45) is 0 Å². The Morgan fingerprint density at radius 1 is 0.171 bits per heavy atom. The number of benzene rings is 23. The molecule has 0 aliphatic heterocycles. The van der Waals surface area contributed by atoms with E-state index in [1.165, 1.54) is 194 Å². The molecule has 3 aromatic heterocycles. The Morgan fingerprint density at radius 3 is 1.02 bits per heavy atom. The first-order valence-corrected chi connectivity index (χ1v) is 43.2. The number of nitrogens with zero attached hydrogens (tertiary/aromatic N) is 4. The number of thiophene rings is 1. The van der Waals surface area contributed by atoms with E-state index in [0.717, 1.165) is 45.5 Å². The highest BCUT2D eigenvalue weighted by Gasteiger charge is 2.26. The van der Waals surface area contributed by atoms with E-state index < -0.39 is 0 Å². The lowest BCUT2D eigenvalue weighted by molar-refractivity contribution is 1.19. The van der Waals surface area contributed by atoms with E-state index in [4.69, 9.17) is 0 Å². The van der Waals surface area contributed by atoms with Crippen LogP contribution in [0.4, 0.5) is 34.1 Å². The Balaban J connectivity index is 0.000000135. The molecule has 572 valence electrons. The molecule has 0 spiro atoms. The fourth-order valence-corrected chi connectivity index (χ4v) is 21.4. The summed E-state index contributed by atoms with van der Waals surface area (Å²) >= 11 is 1.88. The number of rotatable bonds is 12. The molecule has 0 aliphatic rings. The van der Waals surface area contributed by atoms with Crippen LogP contribution < -0.4 is 9.80 Å². The minimum absolute atomic E-state index is 1.12. The van der Waals surface area contributed by atoms with Crippen molar-refractivity contribution >= 4 is 195 Å². The van der Waals surface area contributed by atoms with Crippen molar-refractivity contribution in [2.75, 3.05) is 9.80 Å². The van der Waals surface area contributed by atoms with Crippen molar-refractivity contribution in [3.63, 3.8) is 0 Å². The second-order valence-electron chi connectivity index (χ2n) is 32.5. The lowest BCUT2D eigenvalue weighted by Crippen LogP contribution is -2.09. The van der Waals surface area contributed by atoms with Crippen LogP contribution in [0.25, 0.3) is 206 Å². The van der Waals surface area contributed by atoms with E-state index in [2.05, 4.69) is 468 Å². The Bertz CT molecular complexity index is 8560. The molecule has 123 heavy (non-hydrogen) atoms. The van der Waals surface area contributed by atoms with Gasteiger partial charge >= 0.3 is 0 Å². The molecule has 0 saturated carbocycles. The van der Waals surface area contributed by atoms with Gasteiger partial charge in [-0.05, 0) is 272 Å². The monoisotopic (exact) mass is 1580 g/mol. The maximum atomic E-state index is 2.49. The topological polar surface area (TPSA) is 16.3 Å². The van der Waals surface area contributed by atoms with Gasteiger partial charge in [0, 0.05) is 98.0 Å².